The van der Waals surface area contributed by atoms with Gasteiger partial charge < -0.3 is 0 Å². The number of likely N-dealkylation sites (N-methyl/N-ethyl adjacent to an activating group) is 2. The van der Waals surface area contributed by atoms with Crippen LogP contribution < -0.4 is 31.8 Å². The second-order valence-corrected chi connectivity index (χ2v) is 12.4. The van der Waals surface area contributed by atoms with Crippen LogP contribution in [0.2, 0.25) is 0 Å². The summed E-state index contributed by atoms with van der Waals surface area (Å²) in [4.78, 5) is 16.5. The van der Waals surface area contributed by atoms with Crippen LogP contribution in [-0.4, -0.2) is 79.3 Å². The molecule has 2 aliphatic rings. The third kappa shape index (κ3) is 6.72. The number of rotatable bonds is 14. The average molecular weight is 606 g/mol. The molecule has 1 heterocycles. The summed E-state index contributed by atoms with van der Waals surface area (Å²) in [6.07, 6.45) is 10.9. The summed E-state index contributed by atoms with van der Waals surface area (Å²) in [5.74, 6) is 0.336. The molecule has 35 heavy (non-hydrogen) atoms. The van der Waals surface area contributed by atoms with Gasteiger partial charge in [0.15, 0.2) is 0 Å². The Morgan fingerprint density at radius 2 is 2.14 bits per heavy atom. The van der Waals surface area contributed by atoms with E-state index < -0.39 is 39.6 Å². The van der Waals surface area contributed by atoms with Crippen LogP contribution in [0, 0.1) is 5.92 Å². The van der Waals surface area contributed by atoms with Crippen molar-refractivity contribution < 1.29 is 40.9 Å². The summed E-state index contributed by atoms with van der Waals surface area (Å²) < 4.78 is 5.01. The van der Waals surface area contributed by atoms with Gasteiger partial charge in [-0.15, -0.1) is 0 Å². The van der Waals surface area contributed by atoms with Crippen LogP contribution in [0.3, 0.4) is 0 Å². The van der Waals surface area contributed by atoms with Crippen molar-refractivity contribution in [2.24, 2.45) is 5.92 Å². The van der Waals surface area contributed by atoms with Gasteiger partial charge in [0, 0.05) is 0 Å². The molecule has 0 saturated heterocycles. The van der Waals surface area contributed by atoms with Gasteiger partial charge in [-0.25, -0.2) is 0 Å². The van der Waals surface area contributed by atoms with E-state index >= 15 is 0 Å². The molecule has 0 aromatic carbocycles. The van der Waals surface area contributed by atoms with E-state index in [1.807, 2.05) is 13.8 Å². The number of alkyl carbamates (subject to hydrolysis) is 1. The predicted molar refractivity (Wildman–Crippen MR) is 136 cm³/mol. The molecule has 202 valence electrons. The number of ether oxygens (including phenoxy) is 1. The molecule has 1 aliphatic heterocycles. The fraction of sp³-hybridized carbons (Fsp3) is 0.731. The van der Waals surface area contributed by atoms with E-state index in [4.69, 9.17) is 4.74 Å². The number of alkyl halides is 2. The van der Waals surface area contributed by atoms with Crippen LogP contribution in [0.15, 0.2) is 35.7 Å². The van der Waals surface area contributed by atoms with E-state index in [1.165, 1.54) is 18.4 Å². The van der Waals surface area contributed by atoms with Gasteiger partial charge in [-0.1, -0.05) is 12.2 Å². The van der Waals surface area contributed by atoms with Crippen LogP contribution >= 0.6 is 0 Å². The maximum atomic E-state index is 12.2. The number of carbonyl (C=O) groups is 1. The average Bonchev–Trinajstić information content (AvgIpc) is 3.36. The molecule has 4 N–H and O–H groups in total. The van der Waals surface area contributed by atoms with Gasteiger partial charge in [0.1, 0.15) is 0 Å². The molecule has 2 rings (SSSR count). The first kappa shape index (κ1) is 29.9. The first-order valence-corrected chi connectivity index (χ1v) is 15.5. The molecule has 1 aliphatic carbocycles. The monoisotopic (exact) mass is 605 g/mol. The molecule has 5 unspecified atom stereocenters. The summed E-state index contributed by atoms with van der Waals surface area (Å²) in [6, 6.07) is -0.403. The fourth-order valence-electron chi connectivity index (χ4n) is 5.56. The molecule has 1 spiro atoms. The van der Waals surface area contributed by atoms with Crippen molar-refractivity contribution in [2.75, 3.05) is 25.3 Å². The third-order valence-electron chi connectivity index (χ3n) is 7.23. The van der Waals surface area contributed by atoms with Gasteiger partial charge in [0.05, 0.1) is 0 Å². The van der Waals surface area contributed by atoms with Crippen LogP contribution in [0.4, 0.5) is 4.79 Å². The number of nitrogens with zero attached hydrogens (tertiary/aromatic N) is 2. The zero-order chi connectivity index (χ0) is 26.2. The Morgan fingerprint density at radius 3 is 2.69 bits per heavy atom. The van der Waals surface area contributed by atoms with Crippen molar-refractivity contribution in [1.82, 2.24) is 20.4 Å². The molecule has 6 atom stereocenters. The molecule has 1 saturated carbocycles. The van der Waals surface area contributed by atoms with Gasteiger partial charge >= 0.3 is 197 Å². The minimum atomic E-state index is -0.876. The standard InChI is InChI=1S/C26H46IN4O4/c1-8-13-18(5)14-12-15-19-16-30(6)26(29-19)20(9-2)23(26)31(11-4)24(33)22(28-25(34)35-7)21(10-3)27-17-32/h8,13-14,16,20-24,29,32-33H,9-12,15,17H2,1-7H3,(H,28,34)/q-1/b13-8+,18-14+/t20?,21?,22?,23?,24?,26-/m0/s1. The normalized spacial score (nSPS) is 26.7. The summed E-state index contributed by atoms with van der Waals surface area (Å²) in [6.45, 7) is 11.1. The first-order chi connectivity index (χ1) is 16.7. The van der Waals surface area contributed by atoms with Crippen molar-refractivity contribution >= 4 is 6.09 Å². The molecule has 0 bridgehead atoms. The molecular formula is C26H46IN4O4-. The second-order valence-electron chi connectivity index (χ2n) is 9.27. The van der Waals surface area contributed by atoms with Crippen molar-refractivity contribution in [3.63, 3.8) is 0 Å². The zero-order valence-electron chi connectivity index (χ0n) is 22.4. The number of aliphatic hydroxyl groups excluding tert-OH is 2. The van der Waals surface area contributed by atoms with Crippen LogP contribution in [0.1, 0.15) is 60.3 Å². The summed E-state index contributed by atoms with van der Waals surface area (Å²) in [7, 11) is 3.45. The van der Waals surface area contributed by atoms with E-state index in [9.17, 15) is 15.0 Å². The molecule has 8 nitrogen and oxygen atoms in total. The number of hydrogen-bond acceptors (Lipinski definition) is 7. The molecule has 0 radical (unpaired) electrons. The van der Waals surface area contributed by atoms with E-state index in [0.29, 0.717) is 12.5 Å². The van der Waals surface area contributed by atoms with Crippen molar-refractivity contribution in [2.45, 2.75) is 88.2 Å². The van der Waals surface area contributed by atoms with Gasteiger partial charge in [0.2, 0.25) is 0 Å². The Morgan fingerprint density at radius 1 is 1.43 bits per heavy atom. The molecule has 0 aromatic heterocycles. The number of halogens is 1. The minimum absolute atomic E-state index is 0.0341. The SMILES string of the molecule is C/C=C/C(C)=C/CCC1=CN(C)[C@@]2(N1)C(CC)C2N(CC)C(O)C(NC(=O)OC)C(CC)[I-]CO. The number of hydrogen-bond donors (Lipinski definition) is 4. The summed E-state index contributed by atoms with van der Waals surface area (Å²) in [5, 5.41) is 28.0. The van der Waals surface area contributed by atoms with E-state index in [-0.39, 0.29) is 20.2 Å². The number of aliphatic hydroxyl groups is 2. The fourth-order valence-corrected chi connectivity index (χ4v) is 7.79. The maximum absolute atomic E-state index is 12.2. The Bertz CT molecular complexity index is 789. The number of amides is 1. The van der Waals surface area contributed by atoms with Crippen molar-refractivity contribution in [3.8, 4) is 0 Å². The molecular weight excluding hydrogens is 559 g/mol. The quantitative estimate of drug-likeness (QED) is 0.0955. The van der Waals surface area contributed by atoms with Crippen LogP contribution in [-0.2, 0) is 4.74 Å². The Labute approximate surface area is 222 Å². The van der Waals surface area contributed by atoms with E-state index in [0.717, 1.165) is 25.7 Å². The Balaban J connectivity index is 2.22. The first-order valence-electron chi connectivity index (χ1n) is 12.7. The second kappa shape index (κ2) is 13.9. The van der Waals surface area contributed by atoms with Crippen LogP contribution in [0.25, 0.3) is 0 Å². The number of methoxy groups -OCH3 is 1. The summed E-state index contributed by atoms with van der Waals surface area (Å²) in [5.41, 5.74) is 2.23. The predicted octanol–water partition coefficient (Wildman–Crippen LogP) is -0.0476. The molecule has 1 fully saturated rings. The van der Waals surface area contributed by atoms with Gasteiger partial charge in [0.25, 0.3) is 0 Å². The third-order valence-corrected chi connectivity index (χ3v) is 10.4. The summed E-state index contributed by atoms with van der Waals surface area (Å²) >= 11 is -0.594. The van der Waals surface area contributed by atoms with E-state index in [2.05, 4.69) is 72.7 Å². The number of allylic oxidation sites excluding steroid dienone is 5. The Kier molecular flexibility index (Phi) is 11.8. The number of carbonyl (C=O) groups excluding carboxylic acids is 1. The van der Waals surface area contributed by atoms with Crippen LogP contribution in [0.5, 0.6) is 0 Å². The Hall–Kier alpha value is -1.30. The van der Waals surface area contributed by atoms with Crippen molar-refractivity contribution in [1.29, 1.82) is 0 Å². The zero-order valence-corrected chi connectivity index (χ0v) is 24.6. The molecule has 9 heteroatoms. The molecule has 1 amide bonds. The van der Waals surface area contributed by atoms with Gasteiger partial charge in [-0.05, 0) is 13.8 Å². The van der Waals surface area contributed by atoms with Gasteiger partial charge in [-0.3, -0.25) is 0 Å². The van der Waals surface area contributed by atoms with Gasteiger partial charge in [-0.2, -0.15) is 0 Å². The topological polar surface area (TPSA) is 97.3 Å². The van der Waals surface area contributed by atoms with E-state index in [1.54, 1.807) is 0 Å². The molecule has 0 aromatic rings. The number of nitrogens with one attached hydrogen (secondary N) is 2. The van der Waals surface area contributed by atoms with Crippen molar-refractivity contribution in [3.05, 3.63) is 35.7 Å².